The third kappa shape index (κ3) is 4.61. The zero-order valence-corrected chi connectivity index (χ0v) is 9.44. The van der Waals surface area contributed by atoms with Gasteiger partial charge in [-0.25, -0.2) is 0 Å². The number of aliphatic hydroxyl groups excluding tert-OH is 2. The smallest absolute Gasteiger partial charge is 0.224 e. The molecule has 1 aromatic rings. The fourth-order valence-corrected chi connectivity index (χ4v) is 1.27. The highest BCUT2D eigenvalue weighted by Gasteiger charge is 2.06. The summed E-state index contributed by atoms with van der Waals surface area (Å²) in [6.45, 7) is -0.301. The first kappa shape index (κ1) is 13.0. The van der Waals surface area contributed by atoms with E-state index >= 15 is 0 Å². The van der Waals surface area contributed by atoms with Crippen LogP contribution in [0, 0.1) is 0 Å². The molecular formula is C11H14ClNO3. The first-order valence-corrected chi connectivity index (χ1v) is 5.29. The Labute approximate surface area is 98.9 Å². The summed E-state index contributed by atoms with van der Waals surface area (Å²) in [6, 6.07) is 6.97. The zero-order valence-electron chi connectivity index (χ0n) is 8.69. The molecule has 4 nitrogen and oxygen atoms in total. The molecule has 1 unspecified atom stereocenters. The first-order chi connectivity index (χ1) is 7.61. The van der Waals surface area contributed by atoms with Gasteiger partial charge in [0.25, 0.3) is 0 Å². The molecule has 0 aromatic heterocycles. The molecule has 0 heterocycles. The molecule has 0 aliphatic rings. The highest BCUT2D eigenvalue weighted by atomic mass is 35.5. The molecule has 1 rings (SSSR count). The maximum Gasteiger partial charge on any atom is 0.224 e. The van der Waals surface area contributed by atoms with Crippen LogP contribution in [0.5, 0.6) is 0 Å². The van der Waals surface area contributed by atoms with Gasteiger partial charge in [0.1, 0.15) is 0 Å². The topological polar surface area (TPSA) is 69.6 Å². The van der Waals surface area contributed by atoms with Crippen molar-refractivity contribution in [3.05, 3.63) is 34.9 Å². The molecule has 0 aliphatic carbocycles. The summed E-state index contributed by atoms with van der Waals surface area (Å²) >= 11 is 5.71. The number of rotatable bonds is 5. The van der Waals surface area contributed by atoms with E-state index in [1.165, 1.54) is 0 Å². The molecule has 88 valence electrons. The van der Waals surface area contributed by atoms with Crippen LogP contribution in [0.4, 0.5) is 0 Å². The largest absolute Gasteiger partial charge is 0.394 e. The summed E-state index contributed by atoms with van der Waals surface area (Å²) in [7, 11) is 0. The minimum atomic E-state index is -0.908. The molecule has 0 bridgehead atoms. The number of nitrogens with one attached hydrogen (secondary N) is 1. The number of hydrogen-bond donors (Lipinski definition) is 3. The van der Waals surface area contributed by atoms with Gasteiger partial charge in [0, 0.05) is 11.6 Å². The number of halogens is 1. The van der Waals surface area contributed by atoms with Gasteiger partial charge in [-0.3, -0.25) is 4.79 Å². The van der Waals surface area contributed by atoms with Crippen LogP contribution in [0.25, 0.3) is 0 Å². The summed E-state index contributed by atoms with van der Waals surface area (Å²) in [5.41, 5.74) is 0.848. The predicted molar refractivity (Wildman–Crippen MR) is 61.3 cm³/mol. The lowest BCUT2D eigenvalue weighted by Gasteiger charge is -2.08. The van der Waals surface area contributed by atoms with Crippen LogP contribution in [0.15, 0.2) is 24.3 Å². The molecule has 16 heavy (non-hydrogen) atoms. The van der Waals surface area contributed by atoms with Crippen molar-refractivity contribution in [3.63, 3.8) is 0 Å². The van der Waals surface area contributed by atoms with Crippen LogP contribution >= 0.6 is 11.6 Å². The molecule has 1 aromatic carbocycles. The predicted octanol–water partition coefficient (Wildman–Crippen LogP) is 0.352. The molecule has 0 fully saturated rings. The Kier molecular flexibility index (Phi) is 5.25. The van der Waals surface area contributed by atoms with Crippen molar-refractivity contribution in [1.82, 2.24) is 5.32 Å². The van der Waals surface area contributed by atoms with Crippen molar-refractivity contribution < 1.29 is 15.0 Å². The summed E-state index contributed by atoms with van der Waals surface area (Å²) in [4.78, 5) is 11.4. The van der Waals surface area contributed by atoms with E-state index in [9.17, 15) is 4.79 Å². The van der Waals surface area contributed by atoms with Gasteiger partial charge in [0.15, 0.2) is 0 Å². The number of carbonyl (C=O) groups excluding carboxylic acids is 1. The van der Waals surface area contributed by atoms with Crippen LogP contribution < -0.4 is 5.32 Å². The van der Waals surface area contributed by atoms with E-state index in [4.69, 9.17) is 21.8 Å². The lowest BCUT2D eigenvalue weighted by molar-refractivity contribution is -0.121. The first-order valence-electron chi connectivity index (χ1n) is 4.92. The van der Waals surface area contributed by atoms with E-state index in [1.54, 1.807) is 24.3 Å². The van der Waals surface area contributed by atoms with Crippen LogP contribution in [0.1, 0.15) is 5.56 Å². The van der Waals surface area contributed by atoms with Gasteiger partial charge >= 0.3 is 0 Å². The van der Waals surface area contributed by atoms with Crippen LogP contribution in [0.2, 0.25) is 5.02 Å². The quantitative estimate of drug-likeness (QED) is 0.699. The maximum absolute atomic E-state index is 11.4. The fourth-order valence-electron chi connectivity index (χ4n) is 1.15. The average Bonchev–Trinajstić information content (AvgIpc) is 2.29. The van der Waals surface area contributed by atoms with Gasteiger partial charge in [-0.05, 0) is 17.7 Å². The van der Waals surface area contributed by atoms with E-state index in [0.717, 1.165) is 5.56 Å². The van der Waals surface area contributed by atoms with Crippen molar-refractivity contribution >= 4 is 17.5 Å². The average molecular weight is 244 g/mol. The summed E-state index contributed by atoms with van der Waals surface area (Å²) < 4.78 is 0. The molecule has 1 atom stereocenters. The minimum Gasteiger partial charge on any atom is -0.394 e. The lowest BCUT2D eigenvalue weighted by atomic mass is 10.1. The molecule has 0 saturated heterocycles. The van der Waals surface area contributed by atoms with Crippen molar-refractivity contribution in [2.45, 2.75) is 12.5 Å². The third-order valence-corrected chi connectivity index (χ3v) is 2.28. The van der Waals surface area contributed by atoms with E-state index in [2.05, 4.69) is 5.32 Å². The second-order valence-electron chi connectivity index (χ2n) is 3.44. The Morgan fingerprint density at radius 2 is 2.00 bits per heavy atom. The Morgan fingerprint density at radius 1 is 1.38 bits per heavy atom. The minimum absolute atomic E-state index is 0.0585. The van der Waals surface area contributed by atoms with E-state index in [0.29, 0.717) is 5.02 Å². The van der Waals surface area contributed by atoms with Gasteiger partial charge in [-0.1, -0.05) is 23.7 Å². The standard InChI is InChI=1S/C11H14ClNO3/c12-9-3-1-8(2-4-9)5-11(16)13-6-10(15)7-14/h1-4,10,14-15H,5-7H2,(H,13,16). The van der Waals surface area contributed by atoms with Gasteiger partial charge < -0.3 is 15.5 Å². The third-order valence-electron chi connectivity index (χ3n) is 2.02. The van der Waals surface area contributed by atoms with Crippen LogP contribution in [0.3, 0.4) is 0 Å². The SMILES string of the molecule is O=C(Cc1ccc(Cl)cc1)NCC(O)CO. The molecule has 0 aliphatic heterocycles. The lowest BCUT2D eigenvalue weighted by Crippen LogP contribution is -2.34. The highest BCUT2D eigenvalue weighted by molar-refractivity contribution is 6.30. The summed E-state index contributed by atoms with van der Waals surface area (Å²) in [6.07, 6.45) is -0.677. The molecule has 1 amide bonds. The number of hydrogen-bond acceptors (Lipinski definition) is 3. The number of benzene rings is 1. The van der Waals surface area contributed by atoms with Gasteiger partial charge in [0.2, 0.25) is 5.91 Å². The number of amides is 1. The van der Waals surface area contributed by atoms with Crippen molar-refractivity contribution in [3.8, 4) is 0 Å². The second kappa shape index (κ2) is 6.48. The monoisotopic (exact) mass is 243 g/mol. The Bertz CT molecular complexity index is 340. The van der Waals surface area contributed by atoms with Gasteiger partial charge in [0.05, 0.1) is 19.1 Å². The molecule has 0 radical (unpaired) electrons. The van der Waals surface area contributed by atoms with Crippen LogP contribution in [-0.2, 0) is 11.2 Å². The Balaban J connectivity index is 2.37. The fraction of sp³-hybridized carbons (Fsp3) is 0.364. The van der Waals surface area contributed by atoms with E-state index in [1.807, 2.05) is 0 Å². The normalized spacial score (nSPS) is 12.2. The van der Waals surface area contributed by atoms with Crippen LogP contribution in [-0.4, -0.2) is 35.4 Å². The molecule has 5 heteroatoms. The molecule has 3 N–H and O–H groups in total. The van der Waals surface area contributed by atoms with E-state index < -0.39 is 6.10 Å². The molecule has 0 spiro atoms. The number of aliphatic hydroxyl groups is 2. The van der Waals surface area contributed by atoms with Gasteiger partial charge in [-0.2, -0.15) is 0 Å². The second-order valence-corrected chi connectivity index (χ2v) is 3.88. The number of carbonyl (C=O) groups is 1. The Hall–Kier alpha value is -1.10. The maximum atomic E-state index is 11.4. The van der Waals surface area contributed by atoms with Gasteiger partial charge in [-0.15, -0.1) is 0 Å². The van der Waals surface area contributed by atoms with Crippen molar-refractivity contribution in [2.75, 3.05) is 13.2 Å². The zero-order chi connectivity index (χ0) is 12.0. The Morgan fingerprint density at radius 3 is 2.56 bits per heavy atom. The molecule has 0 saturated carbocycles. The highest BCUT2D eigenvalue weighted by Crippen LogP contribution is 2.09. The summed E-state index contributed by atoms with van der Waals surface area (Å²) in [5, 5.41) is 20.7. The van der Waals surface area contributed by atoms with Crippen molar-refractivity contribution in [2.24, 2.45) is 0 Å². The van der Waals surface area contributed by atoms with E-state index in [-0.39, 0.29) is 25.5 Å². The molecular weight excluding hydrogens is 230 g/mol. The van der Waals surface area contributed by atoms with Crippen molar-refractivity contribution in [1.29, 1.82) is 0 Å². The summed E-state index contributed by atoms with van der Waals surface area (Å²) in [5.74, 6) is -0.199.